The fourth-order valence-corrected chi connectivity index (χ4v) is 2.58. The van der Waals surface area contributed by atoms with Gasteiger partial charge in [-0.15, -0.1) is 0 Å². The number of hydrogen-bond donors (Lipinski definition) is 0. The Morgan fingerprint density at radius 3 is 2.37 bits per heavy atom. The van der Waals surface area contributed by atoms with E-state index >= 15 is 0 Å². The molecule has 1 rings (SSSR count). The summed E-state index contributed by atoms with van der Waals surface area (Å²) in [6.07, 6.45) is 13.5. The molecule has 0 nitrogen and oxygen atoms in total. The molecule has 0 aliphatic heterocycles. The Hall–Kier alpha value is -1.04. The quantitative estimate of drug-likeness (QED) is 0.480. The molecule has 0 aliphatic carbocycles. The van der Waals surface area contributed by atoms with Crippen molar-refractivity contribution in [2.45, 2.75) is 65.7 Å². The fourth-order valence-electron chi connectivity index (χ4n) is 2.58. The van der Waals surface area contributed by atoms with Crippen LogP contribution in [0.4, 0.5) is 0 Å². The molecule has 106 valence electrons. The minimum absolute atomic E-state index is 0.788. The molecule has 0 saturated carbocycles. The number of allylic oxidation sites excluding steroid dienone is 2. The molecule has 0 heteroatoms. The van der Waals surface area contributed by atoms with E-state index in [0.717, 1.165) is 5.92 Å². The summed E-state index contributed by atoms with van der Waals surface area (Å²) in [5, 5.41) is 0. The van der Waals surface area contributed by atoms with Gasteiger partial charge in [-0.1, -0.05) is 70.0 Å². The lowest BCUT2D eigenvalue weighted by Gasteiger charge is -2.07. The van der Waals surface area contributed by atoms with Gasteiger partial charge in [-0.05, 0) is 49.1 Å². The third-order valence-corrected chi connectivity index (χ3v) is 3.72. The summed E-state index contributed by atoms with van der Waals surface area (Å²) in [4.78, 5) is 0. The average Bonchev–Trinajstić information content (AvgIpc) is 2.43. The zero-order valence-corrected chi connectivity index (χ0v) is 13.0. The van der Waals surface area contributed by atoms with E-state index in [1.165, 1.54) is 56.1 Å². The average molecular weight is 258 g/mol. The van der Waals surface area contributed by atoms with Gasteiger partial charge in [0.05, 0.1) is 0 Å². The van der Waals surface area contributed by atoms with Gasteiger partial charge in [0.2, 0.25) is 0 Å². The van der Waals surface area contributed by atoms with Crippen LogP contribution in [0.2, 0.25) is 0 Å². The first-order valence-electron chi connectivity index (χ1n) is 8.04. The summed E-state index contributed by atoms with van der Waals surface area (Å²) in [5.41, 5.74) is 2.97. The van der Waals surface area contributed by atoms with Gasteiger partial charge >= 0.3 is 0 Å². The maximum absolute atomic E-state index is 2.43. The highest BCUT2D eigenvalue weighted by Gasteiger charge is 1.99. The molecule has 0 saturated heterocycles. The van der Waals surface area contributed by atoms with E-state index in [0.29, 0.717) is 0 Å². The first-order chi connectivity index (χ1) is 9.30. The van der Waals surface area contributed by atoms with E-state index in [-0.39, 0.29) is 0 Å². The van der Waals surface area contributed by atoms with Crippen molar-refractivity contribution in [2.24, 2.45) is 5.92 Å². The summed E-state index contributed by atoms with van der Waals surface area (Å²) < 4.78 is 0. The maximum atomic E-state index is 2.43. The van der Waals surface area contributed by atoms with Gasteiger partial charge in [0.25, 0.3) is 0 Å². The van der Waals surface area contributed by atoms with Crippen LogP contribution >= 0.6 is 0 Å². The van der Waals surface area contributed by atoms with Gasteiger partial charge in [-0.25, -0.2) is 0 Å². The Morgan fingerprint density at radius 1 is 1.00 bits per heavy atom. The van der Waals surface area contributed by atoms with Gasteiger partial charge in [0, 0.05) is 0 Å². The van der Waals surface area contributed by atoms with Crippen LogP contribution in [0.25, 0.3) is 0 Å². The zero-order valence-electron chi connectivity index (χ0n) is 13.0. The molecule has 1 atom stereocenters. The first-order valence-corrected chi connectivity index (χ1v) is 8.04. The van der Waals surface area contributed by atoms with Crippen LogP contribution in [0.15, 0.2) is 36.4 Å². The fraction of sp³-hybridized carbons (Fsp3) is 0.579. The summed E-state index contributed by atoms with van der Waals surface area (Å²) in [6, 6.07) is 9.09. The Labute approximate surface area is 119 Å². The van der Waals surface area contributed by atoms with Crippen LogP contribution in [0.5, 0.6) is 0 Å². The lowest BCUT2D eigenvalue weighted by atomic mass is 9.99. The predicted octanol–water partition coefficient (Wildman–Crippen LogP) is 5.95. The van der Waals surface area contributed by atoms with E-state index in [4.69, 9.17) is 0 Å². The zero-order chi connectivity index (χ0) is 13.9. The second kappa shape index (κ2) is 9.83. The Bertz CT molecular complexity index is 362. The lowest BCUT2D eigenvalue weighted by molar-refractivity contribution is 0.561. The number of rotatable bonds is 9. The van der Waals surface area contributed by atoms with Crippen molar-refractivity contribution in [1.29, 1.82) is 0 Å². The largest absolute Gasteiger partial charge is 0.0879 e. The minimum atomic E-state index is 0.788. The monoisotopic (exact) mass is 258 g/mol. The van der Waals surface area contributed by atoms with Gasteiger partial charge in [0.15, 0.2) is 0 Å². The number of benzene rings is 1. The molecular formula is C19H30. The number of aryl methyl sites for hydroxylation is 2. The summed E-state index contributed by atoms with van der Waals surface area (Å²) >= 11 is 0. The van der Waals surface area contributed by atoms with E-state index in [2.05, 4.69) is 57.2 Å². The molecule has 1 aromatic carbocycles. The Morgan fingerprint density at radius 2 is 1.74 bits per heavy atom. The SMILES string of the molecule is CCCc1cccc(CC/C=C/C(CC)CCC)c1. The molecule has 0 bridgehead atoms. The molecule has 19 heavy (non-hydrogen) atoms. The molecule has 0 fully saturated rings. The molecule has 0 amide bonds. The third-order valence-electron chi connectivity index (χ3n) is 3.72. The Kier molecular flexibility index (Phi) is 8.29. The van der Waals surface area contributed by atoms with Crippen molar-refractivity contribution in [1.82, 2.24) is 0 Å². The van der Waals surface area contributed by atoms with Gasteiger partial charge in [-0.3, -0.25) is 0 Å². The highest BCUT2D eigenvalue weighted by molar-refractivity contribution is 5.24. The minimum Gasteiger partial charge on any atom is -0.0879 e. The molecular weight excluding hydrogens is 228 g/mol. The van der Waals surface area contributed by atoms with Crippen molar-refractivity contribution in [3.63, 3.8) is 0 Å². The Balaban J connectivity index is 2.39. The van der Waals surface area contributed by atoms with Gasteiger partial charge < -0.3 is 0 Å². The van der Waals surface area contributed by atoms with Crippen molar-refractivity contribution >= 4 is 0 Å². The van der Waals surface area contributed by atoms with E-state index in [1.54, 1.807) is 0 Å². The summed E-state index contributed by atoms with van der Waals surface area (Å²) in [7, 11) is 0. The van der Waals surface area contributed by atoms with Crippen LogP contribution in [0.1, 0.15) is 64.0 Å². The second-order valence-corrected chi connectivity index (χ2v) is 5.49. The van der Waals surface area contributed by atoms with Crippen molar-refractivity contribution in [2.75, 3.05) is 0 Å². The van der Waals surface area contributed by atoms with Crippen LogP contribution in [0, 0.1) is 5.92 Å². The van der Waals surface area contributed by atoms with E-state index in [9.17, 15) is 0 Å². The van der Waals surface area contributed by atoms with Crippen molar-refractivity contribution in [3.8, 4) is 0 Å². The smallest absolute Gasteiger partial charge is 0.0236 e. The standard InChI is InChI=1S/C19H30/c1-4-10-17(6-3)12-7-8-13-19-15-9-14-18(16-19)11-5-2/h7,9,12,14-17H,4-6,8,10-11,13H2,1-3H3/b12-7+. The highest BCUT2D eigenvalue weighted by atomic mass is 14.0. The molecule has 1 unspecified atom stereocenters. The second-order valence-electron chi connectivity index (χ2n) is 5.49. The molecule has 0 N–H and O–H groups in total. The molecule has 0 aliphatic rings. The van der Waals surface area contributed by atoms with Crippen LogP contribution in [0.3, 0.4) is 0 Å². The van der Waals surface area contributed by atoms with Crippen molar-refractivity contribution in [3.05, 3.63) is 47.5 Å². The summed E-state index contributed by atoms with van der Waals surface area (Å²) in [6.45, 7) is 6.81. The molecule has 0 aromatic heterocycles. The van der Waals surface area contributed by atoms with Gasteiger partial charge in [0.1, 0.15) is 0 Å². The van der Waals surface area contributed by atoms with Crippen LogP contribution in [-0.4, -0.2) is 0 Å². The van der Waals surface area contributed by atoms with Crippen LogP contribution in [-0.2, 0) is 12.8 Å². The molecule has 0 spiro atoms. The predicted molar refractivity (Wildman–Crippen MR) is 86.6 cm³/mol. The topological polar surface area (TPSA) is 0 Å². The van der Waals surface area contributed by atoms with Crippen LogP contribution < -0.4 is 0 Å². The molecule has 1 aromatic rings. The molecule has 0 radical (unpaired) electrons. The van der Waals surface area contributed by atoms with Gasteiger partial charge in [-0.2, -0.15) is 0 Å². The normalized spacial score (nSPS) is 13.0. The third kappa shape index (κ3) is 6.61. The maximum Gasteiger partial charge on any atom is -0.0236 e. The first kappa shape index (κ1) is 16.0. The highest BCUT2D eigenvalue weighted by Crippen LogP contribution is 2.14. The van der Waals surface area contributed by atoms with E-state index < -0.39 is 0 Å². The van der Waals surface area contributed by atoms with Crippen molar-refractivity contribution < 1.29 is 0 Å². The molecule has 0 heterocycles. The summed E-state index contributed by atoms with van der Waals surface area (Å²) in [5.74, 6) is 0.788. The van der Waals surface area contributed by atoms with E-state index in [1.807, 2.05) is 0 Å². The lowest BCUT2D eigenvalue weighted by Crippen LogP contribution is -1.93. The number of hydrogen-bond acceptors (Lipinski definition) is 0.